The monoisotopic (exact) mass is 169 g/mol. The molecule has 0 aliphatic heterocycles. The second-order valence-electron chi connectivity index (χ2n) is 1.34. The Hall–Kier alpha value is -0.300. The van der Waals surface area contributed by atoms with E-state index in [1.165, 1.54) is 21.0 Å². The molecule has 0 aromatic heterocycles. The molecule has 0 fully saturated rings. The molecule has 1 unspecified atom stereocenters. The number of hydrogen-bond acceptors (Lipinski definition) is 4. The molecular formula is C4H11NO4S. The van der Waals surface area contributed by atoms with Gasteiger partial charge < -0.3 is 4.79 Å². The maximum atomic E-state index is 9.66. The van der Waals surface area contributed by atoms with E-state index < -0.39 is 11.4 Å². The molecule has 0 saturated heterocycles. The molecule has 5 nitrogen and oxygen atoms in total. The fraction of sp³-hybridized carbons (Fsp3) is 0.750. The molecule has 62 valence electrons. The van der Waals surface area contributed by atoms with Crippen molar-refractivity contribution in [2.75, 3.05) is 14.1 Å². The molecule has 0 rings (SSSR count). The van der Waals surface area contributed by atoms with Crippen molar-refractivity contribution in [3.8, 4) is 0 Å². The molecule has 0 amide bonds. The van der Waals surface area contributed by atoms with Crippen molar-refractivity contribution in [2.24, 2.45) is 0 Å². The molecule has 0 aromatic carbocycles. The summed E-state index contributed by atoms with van der Waals surface area (Å²) in [6.45, 7) is 1.44. The number of aldehydes is 1. The first-order chi connectivity index (χ1) is 4.54. The Morgan fingerprint density at radius 3 is 1.90 bits per heavy atom. The average molecular weight is 169 g/mol. The predicted molar refractivity (Wildman–Crippen MR) is 37.3 cm³/mol. The number of carbonyl (C=O) groups excluding carboxylic acids is 1. The van der Waals surface area contributed by atoms with Crippen molar-refractivity contribution < 1.29 is 17.8 Å². The fourth-order valence-corrected chi connectivity index (χ4v) is 0.383. The summed E-state index contributed by atoms with van der Waals surface area (Å²) >= 11 is -2.17. The first-order valence-electron chi connectivity index (χ1n) is 2.41. The molecular weight excluding hydrogens is 158 g/mol. The molecule has 0 saturated carbocycles. The van der Waals surface area contributed by atoms with Crippen LogP contribution in [0.15, 0.2) is 0 Å². The molecule has 6 heteroatoms. The van der Waals surface area contributed by atoms with Crippen LogP contribution in [0.4, 0.5) is 0 Å². The highest BCUT2D eigenvalue weighted by Gasteiger charge is 1.91. The Bertz CT molecular complexity index is 105. The lowest BCUT2D eigenvalue weighted by Crippen LogP contribution is -2.13. The van der Waals surface area contributed by atoms with E-state index >= 15 is 0 Å². The van der Waals surface area contributed by atoms with Crippen molar-refractivity contribution in [3.05, 3.63) is 0 Å². The van der Waals surface area contributed by atoms with Gasteiger partial charge >= 0.3 is 11.4 Å². The third-order valence-corrected chi connectivity index (χ3v) is 0.639. The lowest BCUT2D eigenvalue weighted by molar-refractivity contribution is -0.106. The third-order valence-electron chi connectivity index (χ3n) is 0.213. The van der Waals surface area contributed by atoms with Gasteiger partial charge in [-0.05, 0) is 6.92 Å². The summed E-state index contributed by atoms with van der Waals surface area (Å²) in [6.07, 6.45) is 0.750. The summed E-state index contributed by atoms with van der Waals surface area (Å²) in [5.74, 6) is 0. The molecule has 0 aliphatic carbocycles. The maximum Gasteiger partial charge on any atom is 0.319 e. The standard InChI is InChI=1S/C2H7NO3S.C2H4O/c1-3(2)6-7(4)5;1-2-3/h1-2H3,(H,4,5);2H,1H3. The molecule has 0 aliphatic rings. The molecule has 1 atom stereocenters. The van der Waals surface area contributed by atoms with Gasteiger partial charge in [-0.2, -0.15) is 13.6 Å². The molecule has 0 aromatic rings. The van der Waals surface area contributed by atoms with Gasteiger partial charge in [-0.1, -0.05) is 0 Å². The first-order valence-corrected chi connectivity index (χ1v) is 3.44. The van der Waals surface area contributed by atoms with E-state index in [4.69, 9.17) is 9.35 Å². The number of nitrogens with zero attached hydrogens (tertiary/aromatic N) is 1. The van der Waals surface area contributed by atoms with E-state index in [1.807, 2.05) is 0 Å². The minimum atomic E-state index is -2.17. The quantitative estimate of drug-likeness (QED) is 0.353. The number of carbonyl (C=O) groups is 1. The minimum absolute atomic E-state index is 0.750. The van der Waals surface area contributed by atoms with Crippen LogP contribution in [-0.4, -0.2) is 34.2 Å². The number of hydroxylamine groups is 2. The molecule has 0 spiro atoms. The summed E-state index contributed by atoms with van der Waals surface area (Å²) < 4.78 is 21.7. The van der Waals surface area contributed by atoms with Crippen molar-refractivity contribution in [1.82, 2.24) is 5.06 Å². The lowest BCUT2D eigenvalue weighted by Gasteiger charge is -2.02. The lowest BCUT2D eigenvalue weighted by atomic mass is 11.0. The first kappa shape index (κ1) is 12.4. The van der Waals surface area contributed by atoms with Crippen molar-refractivity contribution >= 4 is 17.6 Å². The zero-order chi connectivity index (χ0) is 8.57. The Labute approximate surface area is 62.4 Å². The summed E-state index contributed by atoms with van der Waals surface area (Å²) in [6, 6.07) is 0. The zero-order valence-corrected chi connectivity index (χ0v) is 6.92. The van der Waals surface area contributed by atoms with Crippen LogP contribution in [0.2, 0.25) is 0 Å². The molecule has 1 N–H and O–H groups in total. The SMILES string of the molecule is CC=O.CN(C)OS(=O)O. The fourth-order valence-electron chi connectivity index (χ4n) is 0.128. The Morgan fingerprint density at radius 1 is 1.60 bits per heavy atom. The third kappa shape index (κ3) is 25.2. The number of rotatable bonds is 2. The minimum Gasteiger partial charge on any atom is -0.304 e. The van der Waals surface area contributed by atoms with Crippen molar-refractivity contribution in [2.45, 2.75) is 6.92 Å². The second-order valence-corrected chi connectivity index (χ2v) is 1.92. The highest BCUT2D eigenvalue weighted by atomic mass is 32.2. The molecule has 10 heavy (non-hydrogen) atoms. The van der Waals surface area contributed by atoms with Crippen LogP contribution >= 0.6 is 0 Å². The van der Waals surface area contributed by atoms with Gasteiger partial charge in [0.25, 0.3) is 0 Å². The van der Waals surface area contributed by atoms with E-state index in [2.05, 4.69) is 4.28 Å². The topological polar surface area (TPSA) is 66.8 Å². The van der Waals surface area contributed by atoms with Gasteiger partial charge in [0.05, 0.1) is 0 Å². The van der Waals surface area contributed by atoms with Crippen LogP contribution in [0.3, 0.4) is 0 Å². The van der Waals surface area contributed by atoms with E-state index in [0.717, 1.165) is 11.3 Å². The van der Waals surface area contributed by atoms with E-state index in [1.54, 1.807) is 0 Å². The largest absolute Gasteiger partial charge is 0.319 e. The van der Waals surface area contributed by atoms with Gasteiger partial charge in [0.15, 0.2) is 0 Å². The molecule has 0 heterocycles. The number of hydrogen-bond donors (Lipinski definition) is 1. The van der Waals surface area contributed by atoms with E-state index in [0.29, 0.717) is 0 Å². The van der Waals surface area contributed by atoms with Crippen LogP contribution in [0, 0.1) is 0 Å². The van der Waals surface area contributed by atoms with Crippen LogP contribution in [0.1, 0.15) is 6.92 Å². The van der Waals surface area contributed by atoms with Crippen LogP contribution in [-0.2, 0) is 20.4 Å². The van der Waals surface area contributed by atoms with Crippen LogP contribution in [0.5, 0.6) is 0 Å². The van der Waals surface area contributed by atoms with Gasteiger partial charge in [0.2, 0.25) is 0 Å². The average Bonchev–Trinajstić information content (AvgIpc) is 1.62. The summed E-state index contributed by atoms with van der Waals surface area (Å²) in [5.41, 5.74) is 0. The van der Waals surface area contributed by atoms with Gasteiger partial charge in [0.1, 0.15) is 6.29 Å². The highest BCUT2D eigenvalue weighted by molar-refractivity contribution is 7.74. The smallest absolute Gasteiger partial charge is 0.304 e. The normalized spacial score (nSPS) is 11.7. The summed E-state index contributed by atoms with van der Waals surface area (Å²) in [4.78, 5) is 8.81. The van der Waals surface area contributed by atoms with Gasteiger partial charge in [-0.25, -0.2) is 0 Å². The van der Waals surface area contributed by atoms with Crippen LogP contribution in [0.25, 0.3) is 0 Å². The molecule has 0 bridgehead atoms. The molecule has 0 radical (unpaired) electrons. The second kappa shape index (κ2) is 8.70. The summed E-state index contributed by atoms with van der Waals surface area (Å²) in [5, 5.41) is 1.15. The van der Waals surface area contributed by atoms with Gasteiger partial charge in [-0.15, -0.1) is 0 Å². The van der Waals surface area contributed by atoms with Crippen molar-refractivity contribution in [3.63, 3.8) is 0 Å². The van der Waals surface area contributed by atoms with Gasteiger partial charge in [-0.3, -0.25) is 4.55 Å². The van der Waals surface area contributed by atoms with Crippen molar-refractivity contribution in [1.29, 1.82) is 0 Å². The Balaban J connectivity index is 0. The zero-order valence-electron chi connectivity index (χ0n) is 6.10. The highest BCUT2D eigenvalue weighted by Crippen LogP contribution is 1.79. The van der Waals surface area contributed by atoms with E-state index in [-0.39, 0.29) is 0 Å². The predicted octanol–water partition coefficient (Wildman–Crippen LogP) is -0.178. The summed E-state index contributed by atoms with van der Waals surface area (Å²) in [7, 11) is 3.04. The van der Waals surface area contributed by atoms with Gasteiger partial charge in [0, 0.05) is 14.1 Å². The maximum absolute atomic E-state index is 9.66. The Morgan fingerprint density at radius 2 is 1.90 bits per heavy atom. The van der Waals surface area contributed by atoms with E-state index in [9.17, 15) is 4.21 Å². The van der Waals surface area contributed by atoms with Crippen LogP contribution < -0.4 is 0 Å². The Kier molecular flexibility index (Phi) is 10.8.